The number of rotatable bonds is 39. The van der Waals surface area contributed by atoms with Crippen LogP contribution < -0.4 is 0 Å². The van der Waals surface area contributed by atoms with Crippen LogP contribution in [0.25, 0.3) is 0 Å². The normalized spacial score (nSPS) is 13.4. The molecule has 1 unspecified atom stereocenters. The molecule has 0 bridgehead atoms. The molecule has 61 heavy (non-hydrogen) atoms. The molecule has 0 aromatic rings. The van der Waals surface area contributed by atoms with Crippen LogP contribution in [0.3, 0.4) is 0 Å². The molecule has 0 aliphatic rings. The van der Waals surface area contributed by atoms with E-state index in [-0.39, 0.29) is 37.5 Å². The number of esters is 3. The number of hydrogen-bond donors (Lipinski definition) is 0. The van der Waals surface area contributed by atoms with Gasteiger partial charge in [-0.2, -0.15) is 0 Å². The number of hydrogen-bond acceptors (Lipinski definition) is 6. The van der Waals surface area contributed by atoms with E-state index in [0.29, 0.717) is 25.7 Å². The van der Waals surface area contributed by atoms with Crippen LogP contribution in [0.4, 0.5) is 0 Å². The number of ether oxygens (including phenoxy) is 3. The summed E-state index contributed by atoms with van der Waals surface area (Å²) >= 11 is 0. The maximum absolute atomic E-state index is 12.7. The number of carbonyl (C=O) groups is 3. The minimum atomic E-state index is -0.832. The maximum atomic E-state index is 12.7. The number of unbranched alkanes of at least 4 members (excludes halogenated alkanes) is 8. The zero-order valence-electron chi connectivity index (χ0n) is 38.4. The highest BCUT2D eigenvalue weighted by Crippen LogP contribution is 2.10. The van der Waals surface area contributed by atoms with Gasteiger partial charge in [0.25, 0.3) is 0 Å². The molecule has 1 atom stereocenters. The third-order valence-electron chi connectivity index (χ3n) is 8.95. The summed E-state index contributed by atoms with van der Waals surface area (Å²) in [7, 11) is 0. The SMILES string of the molecule is CC\C=C/C=C\C=C/C=C\C=C/CCCCCC(=O)OC(COC(=O)CCCC/C=C\C/C=C\CC)COC(=O)CCCCC/C=C\C/C=C\C/C=C\C/C=C\C/C=C\CC. The molecule has 0 fully saturated rings. The smallest absolute Gasteiger partial charge is 0.306 e. The van der Waals surface area contributed by atoms with Gasteiger partial charge >= 0.3 is 17.9 Å². The van der Waals surface area contributed by atoms with E-state index in [1.165, 1.54) is 0 Å². The Bertz CT molecular complexity index is 1430. The second-order valence-corrected chi connectivity index (χ2v) is 14.6. The Morgan fingerprint density at radius 2 is 0.672 bits per heavy atom. The van der Waals surface area contributed by atoms with Crippen molar-refractivity contribution in [2.24, 2.45) is 0 Å². The molecule has 6 nitrogen and oxygen atoms in total. The summed E-state index contributed by atoms with van der Waals surface area (Å²) < 4.78 is 16.6. The summed E-state index contributed by atoms with van der Waals surface area (Å²) in [6, 6.07) is 0. The van der Waals surface area contributed by atoms with Crippen LogP contribution in [0.15, 0.2) is 146 Å². The molecule has 0 amide bonds. The molecular formula is C55H82O6. The quantitative estimate of drug-likeness (QED) is 0.0202. The van der Waals surface area contributed by atoms with E-state index in [1.54, 1.807) is 0 Å². The summed E-state index contributed by atoms with van der Waals surface area (Å²) in [4.78, 5) is 37.8. The molecule has 0 spiro atoms. The number of allylic oxidation sites excluding steroid dienone is 24. The minimum absolute atomic E-state index is 0.130. The second kappa shape index (κ2) is 48.0. The Labute approximate surface area is 372 Å². The fraction of sp³-hybridized carbons (Fsp3) is 0.509. The van der Waals surface area contributed by atoms with Crippen LogP contribution >= 0.6 is 0 Å². The fourth-order valence-electron chi connectivity index (χ4n) is 5.52. The van der Waals surface area contributed by atoms with E-state index in [2.05, 4.69) is 118 Å². The molecule has 6 heteroatoms. The van der Waals surface area contributed by atoms with Gasteiger partial charge in [0.15, 0.2) is 6.10 Å². The molecule has 0 heterocycles. The molecular weight excluding hydrogens is 757 g/mol. The van der Waals surface area contributed by atoms with Gasteiger partial charge in [0.1, 0.15) is 13.2 Å². The van der Waals surface area contributed by atoms with E-state index in [0.717, 1.165) is 109 Å². The highest BCUT2D eigenvalue weighted by atomic mass is 16.6. The van der Waals surface area contributed by atoms with Crippen molar-refractivity contribution in [2.75, 3.05) is 13.2 Å². The summed E-state index contributed by atoms with van der Waals surface area (Å²) in [5.41, 5.74) is 0. The first kappa shape index (κ1) is 56.3. The second-order valence-electron chi connectivity index (χ2n) is 14.6. The van der Waals surface area contributed by atoms with E-state index in [4.69, 9.17) is 14.2 Å². The van der Waals surface area contributed by atoms with Crippen molar-refractivity contribution in [3.8, 4) is 0 Å². The van der Waals surface area contributed by atoms with Crippen molar-refractivity contribution in [2.45, 2.75) is 168 Å². The standard InChI is InChI=1S/C55H82O6/c1-4-7-10-13-16-19-21-23-25-26-27-28-30-31-33-36-39-42-45-48-54(57)60-51-52(50-59-53(56)47-44-41-38-35-18-15-12-9-6-3)61-55(58)49-46-43-40-37-34-32-29-24-22-20-17-14-11-8-5-2/h7-12,14,16-20,22-25,27-29,31-35,52H,4-6,13,15,21,26,30,36-51H2,1-3H3/b10-7-,11-8-,12-9-,17-14-,19-16-,22-20-,25-23-,28-27-,29-24-,33-31-,34-32-,35-18-. The topological polar surface area (TPSA) is 78.9 Å². The molecule has 0 N–H and O–H groups in total. The molecule has 0 aliphatic carbocycles. The van der Waals surface area contributed by atoms with Crippen LogP contribution in [-0.2, 0) is 28.6 Å². The van der Waals surface area contributed by atoms with Crippen molar-refractivity contribution < 1.29 is 28.6 Å². The van der Waals surface area contributed by atoms with Gasteiger partial charge < -0.3 is 14.2 Å². The first-order chi connectivity index (χ1) is 30.0. The van der Waals surface area contributed by atoms with E-state index >= 15 is 0 Å². The molecule has 338 valence electrons. The van der Waals surface area contributed by atoms with Gasteiger partial charge in [-0.15, -0.1) is 0 Å². The summed E-state index contributed by atoms with van der Waals surface area (Å²) in [6.45, 7) is 6.11. The predicted octanol–water partition coefficient (Wildman–Crippen LogP) is 15.3. The van der Waals surface area contributed by atoms with E-state index in [9.17, 15) is 14.4 Å². The predicted molar refractivity (Wildman–Crippen MR) is 260 cm³/mol. The fourth-order valence-corrected chi connectivity index (χ4v) is 5.52. The van der Waals surface area contributed by atoms with Gasteiger partial charge in [-0.05, 0) is 109 Å². The van der Waals surface area contributed by atoms with E-state index in [1.807, 2.05) is 48.6 Å². The third kappa shape index (κ3) is 46.2. The van der Waals surface area contributed by atoms with Gasteiger partial charge in [-0.3, -0.25) is 14.4 Å². The Balaban J connectivity index is 4.54. The van der Waals surface area contributed by atoms with Crippen LogP contribution in [-0.4, -0.2) is 37.2 Å². The summed E-state index contributed by atoms with van der Waals surface area (Å²) in [5, 5.41) is 0. The van der Waals surface area contributed by atoms with Gasteiger partial charge in [0.2, 0.25) is 0 Å². The average molecular weight is 839 g/mol. The van der Waals surface area contributed by atoms with Crippen molar-refractivity contribution in [3.63, 3.8) is 0 Å². The highest BCUT2D eigenvalue weighted by molar-refractivity contribution is 5.71. The largest absolute Gasteiger partial charge is 0.462 e. The highest BCUT2D eigenvalue weighted by Gasteiger charge is 2.19. The lowest BCUT2D eigenvalue weighted by Crippen LogP contribution is -2.30. The van der Waals surface area contributed by atoms with E-state index < -0.39 is 6.10 Å². The Kier molecular flexibility index (Phi) is 44.3. The minimum Gasteiger partial charge on any atom is -0.462 e. The van der Waals surface area contributed by atoms with Gasteiger partial charge in [-0.1, -0.05) is 179 Å². The van der Waals surface area contributed by atoms with Crippen LogP contribution in [0.1, 0.15) is 162 Å². The van der Waals surface area contributed by atoms with Gasteiger partial charge in [0, 0.05) is 19.3 Å². The molecule has 0 aromatic heterocycles. The van der Waals surface area contributed by atoms with Crippen molar-refractivity contribution in [1.29, 1.82) is 0 Å². The van der Waals surface area contributed by atoms with Gasteiger partial charge in [-0.25, -0.2) is 0 Å². The molecule has 0 aliphatic heterocycles. The zero-order valence-corrected chi connectivity index (χ0v) is 38.4. The van der Waals surface area contributed by atoms with Crippen LogP contribution in [0, 0.1) is 0 Å². The Morgan fingerprint density at radius 1 is 0.344 bits per heavy atom. The molecule has 0 saturated carbocycles. The summed E-state index contributed by atoms with van der Waals surface area (Å²) in [6.07, 6.45) is 68.4. The van der Waals surface area contributed by atoms with Crippen LogP contribution in [0.5, 0.6) is 0 Å². The zero-order chi connectivity index (χ0) is 44.4. The monoisotopic (exact) mass is 839 g/mol. The Hall–Kier alpha value is -4.71. The first-order valence-electron chi connectivity index (χ1n) is 23.4. The molecule has 0 rings (SSSR count). The van der Waals surface area contributed by atoms with Crippen molar-refractivity contribution in [1.82, 2.24) is 0 Å². The van der Waals surface area contributed by atoms with Crippen LogP contribution in [0.2, 0.25) is 0 Å². The lowest BCUT2D eigenvalue weighted by atomic mass is 10.1. The summed E-state index contributed by atoms with van der Waals surface area (Å²) in [5.74, 6) is -1.06. The Morgan fingerprint density at radius 3 is 1.11 bits per heavy atom. The maximum Gasteiger partial charge on any atom is 0.306 e. The average Bonchev–Trinajstić information content (AvgIpc) is 3.26. The molecule has 0 saturated heterocycles. The van der Waals surface area contributed by atoms with Gasteiger partial charge in [0.05, 0.1) is 0 Å². The van der Waals surface area contributed by atoms with Crippen molar-refractivity contribution >= 4 is 17.9 Å². The number of carbonyl (C=O) groups excluding carboxylic acids is 3. The molecule has 0 aromatic carbocycles. The van der Waals surface area contributed by atoms with Crippen molar-refractivity contribution in [3.05, 3.63) is 146 Å². The lowest BCUT2D eigenvalue weighted by Gasteiger charge is -2.18. The lowest BCUT2D eigenvalue weighted by molar-refractivity contribution is -0.167. The first-order valence-corrected chi connectivity index (χ1v) is 23.4. The third-order valence-corrected chi connectivity index (χ3v) is 8.95. The molecule has 0 radical (unpaired) electrons.